The molecule has 2 heterocycles. The maximum absolute atomic E-state index is 13.7. The molecule has 0 radical (unpaired) electrons. The third kappa shape index (κ3) is 3.37. The summed E-state index contributed by atoms with van der Waals surface area (Å²) in [6.45, 7) is 1.17. The lowest BCUT2D eigenvalue weighted by Crippen LogP contribution is -2.20. The Morgan fingerprint density at radius 1 is 1.43 bits per heavy atom. The Morgan fingerprint density at radius 3 is 2.96 bits per heavy atom. The molecule has 0 amide bonds. The van der Waals surface area contributed by atoms with Gasteiger partial charge < -0.3 is 19.8 Å². The molecule has 1 atom stereocenters. The molecule has 5 nitrogen and oxygen atoms in total. The molecule has 1 aliphatic rings. The second kappa shape index (κ2) is 6.42. The first kappa shape index (κ1) is 15.6. The fourth-order valence-corrected chi connectivity index (χ4v) is 2.70. The Labute approximate surface area is 133 Å². The number of nitrogens with zero attached hydrogens (tertiary/aromatic N) is 1. The third-order valence-electron chi connectivity index (χ3n) is 3.91. The lowest BCUT2D eigenvalue weighted by molar-refractivity contribution is 0.0681. The van der Waals surface area contributed by atoms with Crippen molar-refractivity contribution in [2.45, 2.75) is 18.9 Å². The van der Waals surface area contributed by atoms with Crippen molar-refractivity contribution in [3.63, 3.8) is 0 Å². The minimum Gasteiger partial charge on any atom is -0.490 e. The molecule has 2 N–H and O–H groups in total. The van der Waals surface area contributed by atoms with Crippen molar-refractivity contribution in [3.8, 4) is 16.9 Å². The van der Waals surface area contributed by atoms with E-state index in [2.05, 4.69) is 0 Å². The molecule has 0 bridgehead atoms. The standard InChI is InChI=1S/C17H19FN2O3/c1-20-9-11(7-15(19)17(20)21)14-8-12(18)4-5-16(14)23-10-13-3-2-6-22-13/h4-5,7-9,13H,2-3,6,10,19H2,1H3. The first-order chi connectivity index (χ1) is 11.0. The number of hydrogen-bond acceptors (Lipinski definition) is 4. The van der Waals surface area contributed by atoms with Crippen LogP contribution >= 0.6 is 0 Å². The lowest BCUT2D eigenvalue weighted by Gasteiger charge is -2.15. The van der Waals surface area contributed by atoms with E-state index in [-0.39, 0.29) is 23.2 Å². The summed E-state index contributed by atoms with van der Waals surface area (Å²) in [7, 11) is 1.61. The summed E-state index contributed by atoms with van der Waals surface area (Å²) in [5.41, 5.74) is 6.75. The molecule has 23 heavy (non-hydrogen) atoms. The van der Waals surface area contributed by atoms with Crippen LogP contribution in [0.4, 0.5) is 10.1 Å². The van der Waals surface area contributed by atoms with Gasteiger partial charge in [-0.25, -0.2) is 4.39 Å². The highest BCUT2D eigenvalue weighted by atomic mass is 19.1. The number of aryl methyl sites for hydroxylation is 1. The van der Waals surface area contributed by atoms with Crippen LogP contribution in [0.2, 0.25) is 0 Å². The second-order valence-corrected chi connectivity index (χ2v) is 5.69. The highest BCUT2D eigenvalue weighted by molar-refractivity contribution is 5.72. The van der Waals surface area contributed by atoms with E-state index in [1.54, 1.807) is 19.3 Å². The van der Waals surface area contributed by atoms with Crippen LogP contribution in [0.15, 0.2) is 35.3 Å². The molecule has 1 aromatic heterocycles. The van der Waals surface area contributed by atoms with Crippen molar-refractivity contribution in [2.24, 2.45) is 7.05 Å². The van der Waals surface area contributed by atoms with E-state index >= 15 is 0 Å². The van der Waals surface area contributed by atoms with Gasteiger partial charge in [-0.3, -0.25) is 4.79 Å². The van der Waals surface area contributed by atoms with Crippen LogP contribution in [0.25, 0.3) is 11.1 Å². The highest BCUT2D eigenvalue weighted by Crippen LogP contribution is 2.31. The molecule has 1 unspecified atom stereocenters. The minimum atomic E-state index is -0.378. The number of rotatable bonds is 4. The van der Waals surface area contributed by atoms with E-state index in [0.717, 1.165) is 19.4 Å². The summed E-state index contributed by atoms with van der Waals surface area (Å²) >= 11 is 0. The smallest absolute Gasteiger partial charge is 0.273 e. The van der Waals surface area contributed by atoms with Gasteiger partial charge in [0.15, 0.2) is 0 Å². The quantitative estimate of drug-likeness (QED) is 0.939. The molecule has 0 aliphatic carbocycles. The Balaban J connectivity index is 1.94. The van der Waals surface area contributed by atoms with Gasteiger partial charge in [0.25, 0.3) is 5.56 Å². The molecule has 1 fully saturated rings. The van der Waals surface area contributed by atoms with Gasteiger partial charge >= 0.3 is 0 Å². The largest absolute Gasteiger partial charge is 0.490 e. The van der Waals surface area contributed by atoms with Crippen LogP contribution in [0.3, 0.4) is 0 Å². The van der Waals surface area contributed by atoms with E-state index in [0.29, 0.717) is 23.5 Å². The van der Waals surface area contributed by atoms with Gasteiger partial charge in [-0.05, 0) is 37.1 Å². The molecule has 0 saturated carbocycles. The monoisotopic (exact) mass is 318 g/mol. The number of benzene rings is 1. The van der Waals surface area contributed by atoms with Crippen molar-refractivity contribution >= 4 is 5.69 Å². The third-order valence-corrected chi connectivity index (χ3v) is 3.91. The minimum absolute atomic E-state index is 0.0677. The summed E-state index contributed by atoms with van der Waals surface area (Å²) in [6, 6.07) is 5.85. The van der Waals surface area contributed by atoms with E-state index in [4.69, 9.17) is 15.2 Å². The Bertz CT molecular complexity index is 741. The molecule has 122 valence electrons. The number of halogens is 1. The summed E-state index contributed by atoms with van der Waals surface area (Å²) in [6.07, 6.45) is 3.68. The van der Waals surface area contributed by atoms with Gasteiger partial charge in [0.05, 0.1) is 11.8 Å². The Hall–Kier alpha value is -2.34. The maximum atomic E-state index is 13.7. The Kier molecular flexibility index (Phi) is 4.34. The average molecular weight is 318 g/mol. The molecule has 0 spiro atoms. The number of hydrogen-bond donors (Lipinski definition) is 1. The zero-order chi connectivity index (χ0) is 16.4. The lowest BCUT2D eigenvalue weighted by atomic mass is 10.1. The summed E-state index contributed by atoms with van der Waals surface area (Å²) in [5.74, 6) is 0.164. The molecule has 1 aliphatic heterocycles. The number of pyridine rings is 1. The van der Waals surface area contributed by atoms with Crippen molar-refractivity contribution in [1.29, 1.82) is 0 Å². The zero-order valence-electron chi connectivity index (χ0n) is 12.9. The van der Waals surface area contributed by atoms with Gasteiger partial charge in [-0.1, -0.05) is 0 Å². The zero-order valence-corrected chi connectivity index (χ0v) is 12.9. The van der Waals surface area contributed by atoms with E-state index in [1.807, 2.05) is 0 Å². The topological polar surface area (TPSA) is 66.5 Å². The van der Waals surface area contributed by atoms with Gasteiger partial charge in [0.2, 0.25) is 0 Å². The molecule has 6 heteroatoms. The van der Waals surface area contributed by atoms with E-state index in [1.165, 1.54) is 22.8 Å². The fraction of sp³-hybridized carbons (Fsp3) is 0.353. The number of aromatic nitrogens is 1. The van der Waals surface area contributed by atoms with Gasteiger partial charge in [-0.2, -0.15) is 0 Å². The summed E-state index contributed by atoms with van der Waals surface area (Å²) in [5, 5.41) is 0. The fourth-order valence-electron chi connectivity index (χ4n) is 2.70. The maximum Gasteiger partial charge on any atom is 0.273 e. The van der Waals surface area contributed by atoms with E-state index in [9.17, 15) is 9.18 Å². The first-order valence-corrected chi connectivity index (χ1v) is 7.55. The molecule has 1 aromatic carbocycles. The van der Waals surface area contributed by atoms with Crippen LogP contribution in [0.5, 0.6) is 5.75 Å². The first-order valence-electron chi connectivity index (χ1n) is 7.55. The van der Waals surface area contributed by atoms with Crippen molar-refractivity contribution in [1.82, 2.24) is 4.57 Å². The van der Waals surface area contributed by atoms with Crippen molar-refractivity contribution in [2.75, 3.05) is 18.9 Å². The van der Waals surface area contributed by atoms with Gasteiger partial charge in [0, 0.05) is 31.0 Å². The SMILES string of the molecule is Cn1cc(-c2cc(F)ccc2OCC2CCCO2)cc(N)c1=O. The number of nitrogens with two attached hydrogens (primary N) is 1. The normalized spacial score (nSPS) is 17.4. The number of ether oxygens (including phenoxy) is 2. The van der Waals surface area contributed by atoms with Gasteiger partial charge in [0.1, 0.15) is 18.2 Å². The number of anilines is 1. The van der Waals surface area contributed by atoms with Crippen molar-refractivity contribution < 1.29 is 13.9 Å². The second-order valence-electron chi connectivity index (χ2n) is 5.69. The molecular weight excluding hydrogens is 299 g/mol. The number of nitrogen functional groups attached to an aromatic ring is 1. The Morgan fingerprint density at radius 2 is 2.26 bits per heavy atom. The van der Waals surface area contributed by atoms with Crippen LogP contribution in [0.1, 0.15) is 12.8 Å². The van der Waals surface area contributed by atoms with Crippen LogP contribution in [-0.4, -0.2) is 23.9 Å². The molecule has 2 aromatic rings. The summed E-state index contributed by atoms with van der Waals surface area (Å²) in [4.78, 5) is 11.7. The van der Waals surface area contributed by atoms with Crippen LogP contribution < -0.4 is 16.0 Å². The van der Waals surface area contributed by atoms with Crippen LogP contribution in [0, 0.1) is 5.82 Å². The average Bonchev–Trinajstić information content (AvgIpc) is 3.04. The predicted molar refractivity (Wildman–Crippen MR) is 86.0 cm³/mol. The summed E-state index contributed by atoms with van der Waals surface area (Å²) < 4.78 is 26.4. The molecule has 3 rings (SSSR count). The van der Waals surface area contributed by atoms with E-state index < -0.39 is 0 Å². The van der Waals surface area contributed by atoms with Gasteiger partial charge in [-0.15, -0.1) is 0 Å². The molecular formula is C17H19FN2O3. The van der Waals surface area contributed by atoms with Crippen LogP contribution in [-0.2, 0) is 11.8 Å². The predicted octanol–water partition coefficient (Wildman–Crippen LogP) is 2.33. The highest BCUT2D eigenvalue weighted by Gasteiger charge is 2.18. The van der Waals surface area contributed by atoms with Crippen molar-refractivity contribution in [3.05, 3.63) is 46.6 Å². The molecule has 1 saturated heterocycles.